The monoisotopic (exact) mass is 179 g/mol. The Morgan fingerprint density at radius 1 is 1.58 bits per heavy atom. The van der Waals surface area contributed by atoms with Gasteiger partial charge >= 0.3 is 0 Å². The van der Waals surface area contributed by atoms with Crippen molar-refractivity contribution < 1.29 is 4.79 Å². The third kappa shape index (κ3) is 0.947. The van der Waals surface area contributed by atoms with Crippen LogP contribution in [0.1, 0.15) is 10.5 Å². The standard InChI is InChI=1S/C7H5N3OS/c8-6(11)5-4-2-1-3-9-7(4)12-10-5/h1-3H,(H2,8,11). The molecule has 0 aromatic carbocycles. The molecule has 2 rings (SSSR count). The number of nitrogens with two attached hydrogens (primary N) is 1. The van der Waals surface area contributed by atoms with Crippen LogP contribution in [0, 0.1) is 0 Å². The fourth-order valence-corrected chi connectivity index (χ4v) is 1.70. The first kappa shape index (κ1) is 7.17. The van der Waals surface area contributed by atoms with Gasteiger partial charge in [-0.05, 0) is 23.7 Å². The molecule has 1 amide bonds. The summed E-state index contributed by atoms with van der Waals surface area (Å²) < 4.78 is 3.90. The molecule has 5 heteroatoms. The Balaban J connectivity index is 2.79. The summed E-state index contributed by atoms with van der Waals surface area (Å²) in [5.74, 6) is -0.505. The van der Waals surface area contributed by atoms with Crippen molar-refractivity contribution in [2.75, 3.05) is 0 Å². The molecule has 0 saturated carbocycles. The van der Waals surface area contributed by atoms with Crippen molar-refractivity contribution in [1.29, 1.82) is 0 Å². The van der Waals surface area contributed by atoms with Crippen LogP contribution in [0.15, 0.2) is 18.3 Å². The second-order valence-corrected chi connectivity index (χ2v) is 3.00. The molecule has 0 bridgehead atoms. The van der Waals surface area contributed by atoms with Crippen LogP contribution in [0.3, 0.4) is 0 Å². The third-order valence-electron chi connectivity index (χ3n) is 1.48. The molecule has 0 aliphatic heterocycles. The molecule has 2 heterocycles. The Morgan fingerprint density at radius 2 is 2.42 bits per heavy atom. The van der Waals surface area contributed by atoms with Gasteiger partial charge in [0.1, 0.15) is 4.83 Å². The van der Waals surface area contributed by atoms with Crippen molar-refractivity contribution in [3.63, 3.8) is 0 Å². The number of hydrogen-bond acceptors (Lipinski definition) is 4. The van der Waals surface area contributed by atoms with E-state index in [2.05, 4.69) is 9.36 Å². The van der Waals surface area contributed by atoms with Gasteiger partial charge in [0, 0.05) is 11.6 Å². The Morgan fingerprint density at radius 3 is 3.17 bits per heavy atom. The van der Waals surface area contributed by atoms with Gasteiger partial charge in [-0.2, -0.15) is 4.37 Å². The van der Waals surface area contributed by atoms with Gasteiger partial charge in [-0.1, -0.05) is 0 Å². The molecule has 60 valence electrons. The second kappa shape index (κ2) is 2.53. The lowest BCUT2D eigenvalue weighted by atomic mass is 10.3. The third-order valence-corrected chi connectivity index (χ3v) is 2.26. The normalized spacial score (nSPS) is 10.3. The molecule has 0 aliphatic rings. The van der Waals surface area contributed by atoms with E-state index >= 15 is 0 Å². The van der Waals surface area contributed by atoms with E-state index < -0.39 is 5.91 Å². The average Bonchev–Trinajstić information content (AvgIpc) is 2.47. The molecule has 2 aromatic heterocycles. The van der Waals surface area contributed by atoms with Crippen LogP contribution in [-0.2, 0) is 0 Å². The molecule has 2 N–H and O–H groups in total. The Hall–Kier alpha value is -1.49. The van der Waals surface area contributed by atoms with Crippen LogP contribution >= 0.6 is 11.5 Å². The quantitative estimate of drug-likeness (QED) is 0.703. The number of hydrogen-bond donors (Lipinski definition) is 1. The minimum atomic E-state index is -0.505. The summed E-state index contributed by atoms with van der Waals surface area (Å²) in [6.07, 6.45) is 1.66. The number of aromatic nitrogens is 2. The molecule has 0 fully saturated rings. The molecule has 4 nitrogen and oxygen atoms in total. The van der Waals surface area contributed by atoms with E-state index in [1.807, 2.05) is 0 Å². The number of pyridine rings is 1. The highest BCUT2D eigenvalue weighted by Gasteiger charge is 2.10. The Labute approximate surface area is 72.2 Å². The summed E-state index contributed by atoms with van der Waals surface area (Å²) in [4.78, 5) is 15.6. The van der Waals surface area contributed by atoms with E-state index in [1.165, 1.54) is 11.5 Å². The van der Waals surface area contributed by atoms with Gasteiger partial charge < -0.3 is 5.73 Å². The Bertz CT molecular complexity index is 437. The zero-order valence-corrected chi connectivity index (χ0v) is 6.84. The van der Waals surface area contributed by atoms with E-state index in [1.54, 1.807) is 18.3 Å². The maximum atomic E-state index is 10.8. The lowest BCUT2D eigenvalue weighted by molar-refractivity contribution is 0.0998. The number of fused-ring (bicyclic) bond motifs is 1. The summed E-state index contributed by atoms with van der Waals surface area (Å²) in [5, 5.41) is 0.731. The van der Waals surface area contributed by atoms with Gasteiger partial charge in [-0.25, -0.2) is 4.98 Å². The van der Waals surface area contributed by atoms with E-state index in [0.717, 1.165) is 10.2 Å². The highest BCUT2D eigenvalue weighted by Crippen LogP contribution is 2.18. The molecule has 0 spiro atoms. The van der Waals surface area contributed by atoms with Gasteiger partial charge in [0.05, 0.1) is 0 Å². The zero-order valence-electron chi connectivity index (χ0n) is 6.02. The van der Waals surface area contributed by atoms with Crippen LogP contribution in [-0.4, -0.2) is 15.3 Å². The van der Waals surface area contributed by atoms with E-state index in [9.17, 15) is 4.79 Å². The summed E-state index contributed by atoms with van der Waals surface area (Å²) in [7, 11) is 0. The smallest absolute Gasteiger partial charge is 0.269 e. The molecule has 2 aromatic rings. The fraction of sp³-hybridized carbons (Fsp3) is 0. The SMILES string of the molecule is NC(=O)c1nsc2ncccc12. The number of carbonyl (C=O) groups is 1. The predicted octanol–water partition coefficient (Wildman–Crippen LogP) is 0.790. The second-order valence-electron chi connectivity index (χ2n) is 2.25. The van der Waals surface area contributed by atoms with Gasteiger partial charge in [-0.3, -0.25) is 4.79 Å². The van der Waals surface area contributed by atoms with Gasteiger partial charge in [0.15, 0.2) is 5.69 Å². The molecule has 0 radical (unpaired) electrons. The van der Waals surface area contributed by atoms with Crippen LogP contribution in [0.25, 0.3) is 10.2 Å². The maximum Gasteiger partial charge on any atom is 0.269 e. The molecule has 0 aliphatic carbocycles. The number of primary amides is 1. The number of amides is 1. The van der Waals surface area contributed by atoms with Crippen LogP contribution in [0.5, 0.6) is 0 Å². The van der Waals surface area contributed by atoms with Gasteiger partial charge in [0.2, 0.25) is 0 Å². The lowest BCUT2D eigenvalue weighted by Gasteiger charge is -1.87. The van der Waals surface area contributed by atoms with Gasteiger partial charge in [-0.15, -0.1) is 0 Å². The molecule has 0 unspecified atom stereocenters. The summed E-state index contributed by atoms with van der Waals surface area (Å²) >= 11 is 1.18. The molecular weight excluding hydrogens is 174 g/mol. The van der Waals surface area contributed by atoms with Gasteiger partial charge in [0.25, 0.3) is 5.91 Å². The molecule has 12 heavy (non-hydrogen) atoms. The lowest BCUT2D eigenvalue weighted by Crippen LogP contribution is -2.11. The topological polar surface area (TPSA) is 68.9 Å². The summed E-state index contributed by atoms with van der Waals surface area (Å²) in [5.41, 5.74) is 5.41. The largest absolute Gasteiger partial charge is 0.364 e. The van der Waals surface area contributed by atoms with Crippen molar-refractivity contribution in [2.45, 2.75) is 0 Å². The number of rotatable bonds is 1. The van der Waals surface area contributed by atoms with Crippen LogP contribution < -0.4 is 5.73 Å². The van der Waals surface area contributed by atoms with E-state index in [4.69, 9.17) is 5.73 Å². The Kier molecular flexibility index (Phi) is 1.51. The number of carbonyl (C=O) groups excluding carboxylic acids is 1. The van der Waals surface area contributed by atoms with Crippen molar-refractivity contribution in [3.8, 4) is 0 Å². The minimum Gasteiger partial charge on any atom is -0.364 e. The summed E-state index contributed by atoms with van der Waals surface area (Å²) in [6.45, 7) is 0. The van der Waals surface area contributed by atoms with Crippen molar-refractivity contribution >= 4 is 27.7 Å². The van der Waals surface area contributed by atoms with Crippen molar-refractivity contribution in [1.82, 2.24) is 9.36 Å². The highest BCUT2D eigenvalue weighted by atomic mass is 32.1. The van der Waals surface area contributed by atoms with Crippen LogP contribution in [0.2, 0.25) is 0 Å². The summed E-state index contributed by atoms with van der Waals surface area (Å²) in [6, 6.07) is 3.54. The van der Waals surface area contributed by atoms with Crippen LogP contribution in [0.4, 0.5) is 0 Å². The molecule has 0 atom stereocenters. The number of nitrogens with zero attached hydrogens (tertiary/aromatic N) is 2. The average molecular weight is 179 g/mol. The minimum absolute atomic E-state index is 0.308. The first-order chi connectivity index (χ1) is 5.79. The van der Waals surface area contributed by atoms with Crippen molar-refractivity contribution in [2.24, 2.45) is 5.73 Å². The maximum absolute atomic E-state index is 10.8. The molecular formula is C7H5N3OS. The first-order valence-corrected chi connectivity index (χ1v) is 4.06. The molecule has 0 saturated heterocycles. The van der Waals surface area contributed by atoms with Crippen molar-refractivity contribution in [3.05, 3.63) is 24.0 Å². The zero-order chi connectivity index (χ0) is 8.55. The van der Waals surface area contributed by atoms with E-state index in [-0.39, 0.29) is 0 Å². The highest BCUT2D eigenvalue weighted by molar-refractivity contribution is 7.13. The fourth-order valence-electron chi connectivity index (χ4n) is 0.960. The predicted molar refractivity (Wildman–Crippen MR) is 45.9 cm³/mol. The van der Waals surface area contributed by atoms with E-state index in [0.29, 0.717) is 5.69 Å². The first-order valence-electron chi connectivity index (χ1n) is 3.29.